The van der Waals surface area contributed by atoms with Gasteiger partial charge in [-0.1, -0.05) is 0 Å². The zero-order chi connectivity index (χ0) is 9.97. The number of nitrogens with one attached hydrogen (secondary N) is 1. The highest BCUT2D eigenvalue weighted by molar-refractivity contribution is 9.10. The van der Waals surface area contributed by atoms with E-state index in [1.807, 2.05) is 12.1 Å². The van der Waals surface area contributed by atoms with Crippen LogP contribution in [0.3, 0.4) is 0 Å². The molecule has 0 bridgehead atoms. The molecule has 2 heterocycles. The van der Waals surface area contributed by atoms with Gasteiger partial charge in [-0.3, -0.25) is 9.78 Å². The third kappa shape index (κ3) is 1.72. The van der Waals surface area contributed by atoms with Crippen LogP contribution in [0.4, 0.5) is 0 Å². The van der Waals surface area contributed by atoms with Gasteiger partial charge in [0, 0.05) is 16.7 Å². The summed E-state index contributed by atoms with van der Waals surface area (Å²) in [6.07, 6.45) is 1.67. The van der Waals surface area contributed by atoms with Crippen LogP contribution in [0.5, 0.6) is 0 Å². The lowest BCUT2D eigenvalue weighted by Crippen LogP contribution is -2.06. The molecule has 2 aromatic heterocycles. The summed E-state index contributed by atoms with van der Waals surface area (Å²) in [4.78, 5) is 14.9. The lowest BCUT2D eigenvalue weighted by molar-refractivity contribution is 0.987. The lowest BCUT2D eigenvalue weighted by Gasteiger charge is -2.00. The van der Waals surface area contributed by atoms with Crippen LogP contribution >= 0.6 is 15.9 Å². The van der Waals surface area contributed by atoms with Crippen molar-refractivity contribution in [2.24, 2.45) is 0 Å². The number of pyridine rings is 1. The van der Waals surface area contributed by atoms with Crippen molar-refractivity contribution >= 4 is 15.9 Å². The number of aromatic nitrogens is 3. The molecule has 0 fully saturated rings. The Labute approximate surface area is 88.1 Å². The fourth-order valence-electron chi connectivity index (χ4n) is 1.05. The molecule has 14 heavy (non-hydrogen) atoms. The average molecular weight is 252 g/mol. The van der Waals surface area contributed by atoms with E-state index in [1.165, 1.54) is 6.07 Å². The van der Waals surface area contributed by atoms with E-state index in [4.69, 9.17) is 0 Å². The fraction of sp³-hybridized carbons (Fsp3) is 0. The van der Waals surface area contributed by atoms with E-state index in [-0.39, 0.29) is 5.56 Å². The zero-order valence-corrected chi connectivity index (χ0v) is 8.65. The van der Waals surface area contributed by atoms with Gasteiger partial charge in [-0.15, -0.1) is 0 Å². The van der Waals surface area contributed by atoms with Crippen molar-refractivity contribution in [1.29, 1.82) is 0 Å². The number of aromatic amines is 1. The Morgan fingerprint density at radius 3 is 2.79 bits per heavy atom. The largest absolute Gasteiger partial charge is 0.268 e. The average Bonchev–Trinajstić information content (AvgIpc) is 2.20. The summed E-state index contributed by atoms with van der Waals surface area (Å²) in [6, 6.07) is 6.74. The second-order valence-electron chi connectivity index (χ2n) is 2.64. The van der Waals surface area contributed by atoms with Crippen LogP contribution in [0.15, 0.2) is 39.7 Å². The van der Waals surface area contributed by atoms with Gasteiger partial charge >= 0.3 is 0 Å². The third-order valence-corrected chi connectivity index (χ3v) is 2.32. The summed E-state index contributed by atoms with van der Waals surface area (Å²) in [5.41, 5.74) is 1.13. The molecule has 2 aromatic rings. The smallest absolute Gasteiger partial charge is 0.264 e. The number of halogens is 1. The van der Waals surface area contributed by atoms with E-state index >= 15 is 0 Å². The van der Waals surface area contributed by atoms with Crippen molar-refractivity contribution in [3.8, 4) is 11.4 Å². The van der Waals surface area contributed by atoms with Gasteiger partial charge in [0.05, 0.1) is 0 Å². The number of nitrogens with zero attached hydrogens (tertiary/aromatic N) is 2. The molecule has 5 heteroatoms. The van der Waals surface area contributed by atoms with Gasteiger partial charge in [-0.2, -0.15) is 5.10 Å². The van der Waals surface area contributed by atoms with Crippen molar-refractivity contribution in [2.45, 2.75) is 0 Å². The molecule has 0 radical (unpaired) electrons. The Morgan fingerprint density at radius 1 is 1.29 bits per heavy atom. The predicted octanol–water partition coefficient (Wildman–Crippen LogP) is 1.59. The first-order chi connectivity index (χ1) is 6.77. The van der Waals surface area contributed by atoms with Crippen molar-refractivity contribution in [3.05, 3.63) is 45.3 Å². The molecule has 0 aliphatic rings. The quantitative estimate of drug-likeness (QED) is 0.838. The normalized spacial score (nSPS) is 10.1. The molecule has 0 aromatic carbocycles. The molecule has 0 aliphatic heterocycles. The SMILES string of the molecule is O=c1ccc(-c2ncccc2Br)n[nH]1. The van der Waals surface area contributed by atoms with Crippen LogP contribution in [-0.2, 0) is 0 Å². The third-order valence-electron chi connectivity index (χ3n) is 1.68. The van der Waals surface area contributed by atoms with Crippen molar-refractivity contribution in [1.82, 2.24) is 15.2 Å². The van der Waals surface area contributed by atoms with Crippen LogP contribution < -0.4 is 5.56 Å². The van der Waals surface area contributed by atoms with E-state index in [2.05, 4.69) is 31.1 Å². The highest BCUT2D eigenvalue weighted by atomic mass is 79.9. The van der Waals surface area contributed by atoms with Gasteiger partial charge in [-0.25, -0.2) is 5.10 Å². The number of H-pyrrole nitrogens is 1. The molecule has 0 atom stereocenters. The highest BCUT2D eigenvalue weighted by Crippen LogP contribution is 2.22. The van der Waals surface area contributed by atoms with Crippen LogP contribution in [0.25, 0.3) is 11.4 Å². The summed E-state index contributed by atoms with van der Waals surface area (Å²) >= 11 is 3.36. The molecule has 0 aliphatic carbocycles. The van der Waals surface area contributed by atoms with Gasteiger partial charge in [0.2, 0.25) is 0 Å². The molecular formula is C9H6BrN3O. The molecule has 0 amide bonds. The van der Waals surface area contributed by atoms with E-state index in [0.29, 0.717) is 11.4 Å². The van der Waals surface area contributed by atoms with E-state index in [1.54, 1.807) is 12.3 Å². The van der Waals surface area contributed by atoms with E-state index in [0.717, 1.165) is 4.47 Å². The first-order valence-electron chi connectivity index (χ1n) is 3.94. The molecule has 2 rings (SSSR count). The zero-order valence-electron chi connectivity index (χ0n) is 7.07. The minimum absolute atomic E-state index is 0.221. The van der Waals surface area contributed by atoms with E-state index in [9.17, 15) is 4.79 Å². The summed E-state index contributed by atoms with van der Waals surface area (Å²) in [5, 5.41) is 6.24. The molecular weight excluding hydrogens is 246 g/mol. The Kier molecular flexibility index (Phi) is 2.41. The maximum absolute atomic E-state index is 10.8. The van der Waals surface area contributed by atoms with Crippen molar-refractivity contribution in [3.63, 3.8) is 0 Å². The monoisotopic (exact) mass is 251 g/mol. The molecule has 0 saturated carbocycles. The molecule has 0 spiro atoms. The Morgan fingerprint density at radius 2 is 2.14 bits per heavy atom. The predicted molar refractivity (Wildman–Crippen MR) is 55.8 cm³/mol. The molecule has 70 valence electrons. The van der Waals surface area contributed by atoms with Crippen molar-refractivity contribution in [2.75, 3.05) is 0 Å². The van der Waals surface area contributed by atoms with Crippen LogP contribution in [0.1, 0.15) is 0 Å². The van der Waals surface area contributed by atoms with Crippen LogP contribution in [0, 0.1) is 0 Å². The fourth-order valence-corrected chi connectivity index (χ4v) is 1.51. The van der Waals surface area contributed by atoms with Gasteiger partial charge in [0.15, 0.2) is 0 Å². The van der Waals surface area contributed by atoms with Gasteiger partial charge in [0.1, 0.15) is 11.4 Å². The second kappa shape index (κ2) is 3.71. The second-order valence-corrected chi connectivity index (χ2v) is 3.49. The van der Waals surface area contributed by atoms with Gasteiger partial charge in [-0.05, 0) is 34.1 Å². The number of hydrogen-bond donors (Lipinski definition) is 1. The van der Waals surface area contributed by atoms with Crippen LogP contribution in [-0.4, -0.2) is 15.2 Å². The summed E-state index contributed by atoms with van der Waals surface area (Å²) < 4.78 is 0.847. The summed E-state index contributed by atoms with van der Waals surface area (Å²) in [6.45, 7) is 0. The Bertz CT molecular complexity index is 489. The highest BCUT2D eigenvalue weighted by Gasteiger charge is 2.04. The lowest BCUT2D eigenvalue weighted by atomic mass is 10.2. The van der Waals surface area contributed by atoms with E-state index < -0.39 is 0 Å². The standard InChI is InChI=1S/C9H6BrN3O/c10-6-2-1-5-11-9(6)7-3-4-8(14)13-12-7/h1-5H,(H,13,14). The minimum atomic E-state index is -0.221. The number of rotatable bonds is 1. The van der Waals surface area contributed by atoms with Gasteiger partial charge < -0.3 is 0 Å². The van der Waals surface area contributed by atoms with Gasteiger partial charge in [0.25, 0.3) is 5.56 Å². The maximum atomic E-state index is 10.8. The molecule has 1 N–H and O–H groups in total. The molecule has 0 unspecified atom stereocenters. The first kappa shape index (κ1) is 9.08. The Hall–Kier alpha value is -1.49. The molecule has 4 nitrogen and oxygen atoms in total. The summed E-state index contributed by atoms with van der Waals surface area (Å²) in [7, 11) is 0. The number of hydrogen-bond acceptors (Lipinski definition) is 3. The minimum Gasteiger partial charge on any atom is -0.268 e. The van der Waals surface area contributed by atoms with Crippen LogP contribution in [0.2, 0.25) is 0 Å². The topological polar surface area (TPSA) is 58.6 Å². The Balaban J connectivity index is 2.55. The van der Waals surface area contributed by atoms with Crippen molar-refractivity contribution < 1.29 is 0 Å². The maximum Gasteiger partial charge on any atom is 0.264 e. The molecule has 0 saturated heterocycles. The first-order valence-corrected chi connectivity index (χ1v) is 4.73. The summed E-state index contributed by atoms with van der Waals surface area (Å²) in [5.74, 6) is 0.